The van der Waals surface area contributed by atoms with E-state index < -0.39 is 5.60 Å². The molecule has 0 unspecified atom stereocenters. The van der Waals surface area contributed by atoms with Gasteiger partial charge in [-0.3, -0.25) is 9.59 Å². The summed E-state index contributed by atoms with van der Waals surface area (Å²) in [6.45, 7) is 5.57. The van der Waals surface area contributed by atoms with Crippen LogP contribution in [0.4, 0.5) is 0 Å². The number of likely N-dealkylation sites (tertiary alicyclic amines) is 1. The molecule has 2 aliphatic heterocycles. The molecule has 2 aliphatic rings. The largest absolute Gasteiger partial charge is 0.384 e. The molecule has 2 saturated heterocycles. The standard InChI is InChI=1S/C18H26N2O4S/c1-14(21)16-8-15(10-25-16)9-17(22)20-6-7-24-13-18(23,12-20)11-19-4-2-3-5-19/h8,10,23H,2-7,9,11-13H2,1H3/t18-/m1/s1. The minimum absolute atomic E-state index is 0.0202. The van der Waals surface area contributed by atoms with E-state index in [9.17, 15) is 14.7 Å². The third kappa shape index (κ3) is 4.88. The van der Waals surface area contributed by atoms with Crippen molar-refractivity contribution in [3.63, 3.8) is 0 Å². The third-order valence-electron chi connectivity index (χ3n) is 4.79. The van der Waals surface area contributed by atoms with Gasteiger partial charge in [-0.05, 0) is 49.9 Å². The number of nitrogens with zero attached hydrogens (tertiary/aromatic N) is 2. The molecule has 3 heterocycles. The Kier molecular flexibility index (Phi) is 5.89. The average molecular weight is 366 g/mol. The van der Waals surface area contributed by atoms with Gasteiger partial charge in [-0.2, -0.15) is 0 Å². The smallest absolute Gasteiger partial charge is 0.227 e. The van der Waals surface area contributed by atoms with Crippen LogP contribution in [0.1, 0.15) is 35.0 Å². The Morgan fingerprint density at radius 3 is 2.76 bits per heavy atom. The first-order valence-electron chi connectivity index (χ1n) is 8.84. The molecule has 1 aromatic rings. The summed E-state index contributed by atoms with van der Waals surface area (Å²) in [7, 11) is 0. The van der Waals surface area contributed by atoms with E-state index >= 15 is 0 Å². The second-order valence-electron chi connectivity index (χ2n) is 7.13. The molecule has 0 aliphatic carbocycles. The molecule has 1 atom stereocenters. The SMILES string of the molecule is CC(=O)c1cc(CC(=O)N2CCOC[C@@](O)(CN3CCCC3)C2)cs1. The lowest BCUT2D eigenvalue weighted by Gasteiger charge is -2.34. The van der Waals surface area contributed by atoms with Crippen molar-refractivity contribution < 1.29 is 19.4 Å². The maximum absolute atomic E-state index is 12.7. The lowest BCUT2D eigenvalue weighted by molar-refractivity contribution is -0.133. The molecule has 0 bridgehead atoms. The number of ketones is 1. The first kappa shape index (κ1) is 18.5. The van der Waals surface area contributed by atoms with Gasteiger partial charge >= 0.3 is 0 Å². The summed E-state index contributed by atoms with van der Waals surface area (Å²) in [5.74, 6) is -0.00916. The van der Waals surface area contributed by atoms with Crippen LogP contribution in [-0.2, 0) is 16.0 Å². The number of hydrogen-bond acceptors (Lipinski definition) is 6. The predicted octanol–water partition coefficient (Wildman–Crippen LogP) is 1.18. The Labute approximate surface area is 152 Å². The van der Waals surface area contributed by atoms with Crippen molar-refractivity contribution >= 4 is 23.0 Å². The second kappa shape index (κ2) is 7.95. The van der Waals surface area contributed by atoms with E-state index in [1.165, 1.54) is 18.3 Å². The number of carbonyl (C=O) groups excluding carboxylic acids is 2. The molecule has 25 heavy (non-hydrogen) atoms. The molecule has 1 amide bonds. The van der Waals surface area contributed by atoms with Crippen LogP contribution >= 0.6 is 11.3 Å². The van der Waals surface area contributed by atoms with E-state index in [0.29, 0.717) is 31.1 Å². The molecule has 1 N–H and O–H groups in total. The summed E-state index contributed by atoms with van der Waals surface area (Å²) in [5.41, 5.74) is -0.163. The van der Waals surface area contributed by atoms with Crippen molar-refractivity contribution in [1.29, 1.82) is 0 Å². The van der Waals surface area contributed by atoms with Crippen LogP contribution in [0.3, 0.4) is 0 Å². The lowest BCUT2D eigenvalue weighted by Crippen LogP contribution is -2.53. The summed E-state index contributed by atoms with van der Waals surface area (Å²) >= 11 is 1.37. The fourth-order valence-electron chi connectivity index (χ4n) is 3.52. The number of aliphatic hydroxyl groups is 1. The topological polar surface area (TPSA) is 70.1 Å². The highest BCUT2D eigenvalue weighted by molar-refractivity contribution is 7.12. The van der Waals surface area contributed by atoms with Crippen molar-refractivity contribution in [1.82, 2.24) is 9.80 Å². The van der Waals surface area contributed by atoms with Crippen LogP contribution in [0.15, 0.2) is 11.4 Å². The van der Waals surface area contributed by atoms with Gasteiger partial charge < -0.3 is 19.6 Å². The van der Waals surface area contributed by atoms with Gasteiger partial charge in [-0.15, -0.1) is 11.3 Å². The summed E-state index contributed by atoms with van der Waals surface area (Å²) in [4.78, 5) is 28.7. The van der Waals surface area contributed by atoms with Gasteiger partial charge in [0.25, 0.3) is 0 Å². The molecule has 0 spiro atoms. The molecule has 1 aromatic heterocycles. The van der Waals surface area contributed by atoms with Crippen LogP contribution in [-0.4, -0.2) is 78.1 Å². The number of Topliss-reactive ketones (excluding diaryl/α,β-unsaturated/α-hetero) is 1. The van der Waals surface area contributed by atoms with Crippen LogP contribution in [0.2, 0.25) is 0 Å². The zero-order valence-corrected chi connectivity index (χ0v) is 15.5. The fraction of sp³-hybridized carbons (Fsp3) is 0.667. The predicted molar refractivity (Wildman–Crippen MR) is 96.1 cm³/mol. The molecule has 0 radical (unpaired) electrons. The Bertz CT molecular complexity index is 626. The highest BCUT2D eigenvalue weighted by atomic mass is 32.1. The van der Waals surface area contributed by atoms with E-state index in [0.717, 1.165) is 31.5 Å². The Hall–Kier alpha value is -1.28. The van der Waals surface area contributed by atoms with Gasteiger partial charge in [0.2, 0.25) is 5.91 Å². The van der Waals surface area contributed by atoms with Crippen molar-refractivity contribution in [3.05, 3.63) is 21.9 Å². The average Bonchev–Trinajstić information content (AvgIpc) is 3.18. The van der Waals surface area contributed by atoms with Gasteiger partial charge in [0.1, 0.15) is 5.60 Å². The van der Waals surface area contributed by atoms with E-state index in [-0.39, 0.29) is 24.7 Å². The Balaban J connectivity index is 1.62. The number of ether oxygens (including phenoxy) is 1. The number of thiophene rings is 1. The first-order chi connectivity index (χ1) is 12.0. The van der Waals surface area contributed by atoms with Gasteiger partial charge in [0, 0.05) is 13.1 Å². The summed E-state index contributed by atoms with van der Waals surface area (Å²) in [6.07, 6.45) is 2.58. The number of rotatable bonds is 5. The Morgan fingerprint density at radius 1 is 1.32 bits per heavy atom. The van der Waals surface area contributed by atoms with Crippen molar-refractivity contribution in [2.75, 3.05) is 45.9 Å². The Morgan fingerprint density at radius 2 is 2.08 bits per heavy atom. The molecular weight excluding hydrogens is 340 g/mol. The number of hydrogen-bond donors (Lipinski definition) is 1. The zero-order valence-electron chi connectivity index (χ0n) is 14.7. The molecule has 7 heteroatoms. The number of amides is 1. The monoisotopic (exact) mass is 366 g/mol. The normalized spacial score (nSPS) is 25.1. The second-order valence-corrected chi connectivity index (χ2v) is 8.04. The lowest BCUT2D eigenvalue weighted by atomic mass is 10.0. The van der Waals surface area contributed by atoms with Crippen LogP contribution in [0, 0.1) is 0 Å². The van der Waals surface area contributed by atoms with Crippen molar-refractivity contribution in [3.8, 4) is 0 Å². The van der Waals surface area contributed by atoms with Gasteiger partial charge in [0.15, 0.2) is 5.78 Å². The maximum Gasteiger partial charge on any atom is 0.227 e. The van der Waals surface area contributed by atoms with E-state index in [1.807, 2.05) is 5.38 Å². The third-order valence-corrected chi connectivity index (χ3v) is 5.87. The summed E-state index contributed by atoms with van der Waals surface area (Å²) in [5, 5.41) is 12.8. The highest BCUT2D eigenvalue weighted by Crippen LogP contribution is 2.20. The molecule has 138 valence electrons. The molecule has 2 fully saturated rings. The van der Waals surface area contributed by atoms with Crippen LogP contribution < -0.4 is 0 Å². The molecule has 0 aromatic carbocycles. The van der Waals surface area contributed by atoms with Crippen LogP contribution in [0.5, 0.6) is 0 Å². The maximum atomic E-state index is 12.7. The number of carbonyl (C=O) groups is 2. The fourth-order valence-corrected chi connectivity index (χ4v) is 4.34. The molecular formula is C18H26N2O4S. The number of β-amino-alcohol motifs (C(OH)–C–C–N with tert-alkyl or cyclic N) is 1. The van der Waals surface area contributed by atoms with E-state index in [4.69, 9.17) is 4.74 Å². The van der Waals surface area contributed by atoms with Crippen molar-refractivity contribution in [2.24, 2.45) is 0 Å². The highest BCUT2D eigenvalue weighted by Gasteiger charge is 2.36. The summed E-state index contributed by atoms with van der Waals surface area (Å²) < 4.78 is 5.57. The van der Waals surface area contributed by atoms with E-state index in [2.05, 4.69) is 4.90 Å². The zero-order chi connectivity index (χ0) is 17.9. The molecule has 6 nitrogen and oxygen atoms in total. The minimum atomic E-state index is -1.02. The first-order valence-corrected chi connectivity index (χ1v) is 9.72. The van der Waals surface area contributed by atoms with E-state index in [1.54, 1.807) is 11.0 Å². The molecule has 3 rings (SSSR count). The minimum Gasteiger partial charge on any atom is -0.384 e. The quantitative estimate of drug-likeness (QED) is 0.793. The summed E-state index contributed by atoms with van der Waals surface area (Å²) in [6, 6.07) is 1.79. The van der Waals surface area contributed by atoms with Gasteiger partial charge in [-0.1, -0.05) is 0 Å². The van der Waals surface area contributed by atoms with Crippen LogP contribution in [0.25, 0.3) is 0 Å². The van der Waals surface area contributed by atoms with Gasteiger partial charge in [0.05, 0.1) is 31.1 Å². The van der Waals surface area contributed by atoms with Gasteiger partial charge in [-0.25, -0.2) is 0 Å². The molecule has 0 saturated carbocycles. The van der Waals surface area contributed by atoms with Crippen molar-refractivity contribution in [2.45, 2.75) is 31.8 Å².